The van der Waals surface area contributed by atoms with Gasteiger partial charge in [-0.2, -0.15) is 12.6 Å². The lowest BCUT2D eigenvalue weighted by atomic mass is 10.0. The maximum atomic E-state index is 13.2. The lowest BCUT2D eigenvalue weighted by molar-refractivity contribution is -0.137. The number of nitrogens with one attached hydrogen (secondary N) is 4. The van der Waals surface area contributed by atoms with E-state index in [4.69, 9.17) is 9.84 Å². The molecule has 224 valence electrons. The molecule has 0 aliphatic heterocycles. The van der Waals surface area contributed by atoms with Crippen LogP contribution in [0.15, 0.2) is 30.3 Å². The van der Waals surface area contributed by atoms with Crippen molar-refractivity contribution in [1.29, 1.82) is 0 Å². The van der Waals surface area contributed by atoms with Crippen LogP contribution < -0.4 is 21.3 Å². The maximum absolute atomic E-state index is 13.2. The molecule has 0 saturated heterocycles. The molecule has 5 N–H and O–H groups in total. The number of carbonyl (C=O) groups is 5. The normalized spacial score (nSPS) is 14.0. The molecule has 0 heterocycles. The average Bonchev–Trinajstić information content (AvgIpc) is 2.90. The molecule has 1 rings (SSSR count). The Morgan fingerprint density at radius 1 is 0.825 bits per heavy atom. The van der Waals surface area contributed by atoms with E-state index in [1.165, 1.54) is 0 Å². The minimum atomic E-state index is -1.23. The van der Waals surface area contributed by atoms with E-state index in [0.717, 1.165) is 5.56 Å². The molecule has 0 aromatic heterocycles. The SMILES string of the molecule is CC(C)COC(=O)N[C@@H](CCC(=O)O)C(=O)N[C@@H](CC(C)C)C(=O)N[C@@H](CS)C(=O)NCC(C)c1ccccc1. The van der Waals surface area contributed by atoms with Crippen LogP contribution in [0.4, 0.5) is 4.79 Å². The molecule has 4 atom stereocenters. The van der Waals surface area contributed by atoms with Gasteiger partial charge in [0.25, 0.3) is 0 Å². The molecular formula is C28H44N4O7S. The first kappa shape index (κ1) is 34.7. The van der Waals surface area contributed by atoms with E-state index in [1.807, 2.05) is 65.0 Å². The van der Waals surface area contributed by atoms with Crippen LogP contribution >= 0.6 is 12.6 Å². The molecule has 40 heavy (non-hydrogen) atoms. The third-order valence-corrected chi connectivity index (χ3v) is 6.28. The van der Waals surface area contributed by atoms with Crippen molar-refractivity contribution >= 4 is 42.4 Å². The second kappa shape index (κ2) is 18.1. The standard InChI is InChI=1S/C28H44N4O7S/c1-17(2)13-22(30-26(36)21(11-12-24(33)34)32-28(38)39-15-18(3)4)27(37)31-23(16-40)25(35)29-14-19(5)20-9-7-6-8-10-20/h6-10,17-19,21-23,40H,11-16H2,1-5H3,(H,29,35)(H,30,36)(H,31,37)(H,32,38)(H,33,34)/t19?,21-,22-,23-/m0/s1. The van der Waals surface area contributed by atoms with Gasteiger partial charge in [-0.1, -0.05) is 65.0 Å². The zero-order chi connectivity index (χ0) is 30.2. The molecule has 0 aliphatic rings. The van der Waals surface area contributed by atoms with Gasteiger partial charge in [0.1, 0.15) is 18.1 Å². The minimum absolute atomic E-state index is 0.00696. The van der Waals surface area contributed by atoms with Crippen molar-refractivity contribution in [2.45, 2.75) is 77.9 Å². The van der Waals surface area contributed by atoms with Crippen LogP contribution in [-0.2, 0) is 23.9 Å². The van der Waals surface area contributed by atoms with Gasteiger partial charge in [-0.3, -0.25) is 19.2 Å². The summed E-state index contributed by atoms with van der Waals surface area (Å²) in [6, 6.07) is 6.47. The van der Waals surface area contributed by atoms with Crippen LogP contribution in [0.1, 0.15) is 65.4 Å². The lowest BCUT2D eigenvalue weighted by Crippen LogP contribution is -2.57. The van der Waals surface area contributed by atoms with Gasteiger partial charge in [-0.15, -0.1) is 0 Å². The Morgan fingerprint density at radius 3 is 1.98 bits per heavy atom. The molecule has 11 nitrogen and oxygen atoms in total. The number of amides is 4. The van der Waals surface area contributed by atoms with Gasteiger partial charge in [-0.25, -0.2) is 4.79 Å². The summed E-state index contributed by atoms with van der Waals surface area (Å²) in [6.07, 6.45) is -1.20. The number of hydrogen-bond donors (Lipinski definition) is 6. The van der Waals surface area contributed by atoms with Gasteiger partial charge in [0.2, 0.25) is 17.7 Å². The highest BCUT2D eigenvalue weighted by Crippen LogP contribution is 2.13. The predicted octanol–water partition coefficient (Wildman–Crippen LogP) is 2.47. The summed E-state index contributed by atoms with van der Waals surface area (Å²) in [5.74, 6) is -2.73. The maximum Gasteiger partial charge on any atom is 0.407 e. The van der Waals surface area contributed by atoms with Gasteiger partial charge in [0, 0.05) is 18.7 Å². The van der Waals surface area contributed by atoms with Crippen LogP contribution in [0.5, 0.6) is 0 Å². The van der Waals surface area contributed by atoms with Crippen molar-refractivity contribution in [3.8, 4) is 0 Å². The fraction of sp³-hybridized carbons (Fsp3) is 0.607. The third kappa shape index (κ3) is 13.7. The van der Waals surface area contributed by atoms with Crippen LogP contribution in [0.25, 0.3) is 0 Å². The van der Waals surface area contributed by atoms with E-state index in [-0.39, 0.29) is 49.4 Å². The highest BCUT2D eigenvalue weighted by atomic mass is 32.1. The highest BCUT2D eigenvalue weighted by molar-refractivity contribution is 7.80. The molecule has 0 spiro atoms. The molecule has 1 aromatic rings. The number of benzene rings is 1. The number of hydrogen-bond acceptors (Lipinski definition) is 7. The molecule has 0 fully saturated rings. The van der Waals surface area contributed by atoms with Crippen LogP contribution in [0.3, 0.4) is 0 Å². The first-order valence-electron chi connectivity index (χ1n) is 13.5. The number of ether oxygens (including phenoxy) is 1. The Hall–Kier alpha value is -3.28. The summed E-state index contributed by atoms with van der Waals surface area (Å²) in [6.45, 7) is 9.88. The zero-order valence-corrected chi connectivity index (χ0v) is 24.8. The number of carbonyl (C=O) groups excluding carboxylic acids is 4. The minimum Gasteiger partial charge on any atom is -0.481 e. The van der Waals surface area contributed by atoms with Gasteiger partial charge < -0.3 is 31.1 Å². The number of thiol groups is 1. The van der Waals surface area contributed by atoms with Gasteiger partial charge in [-0.05, 0) is 36.2 Å². The fourth-order valence-electron chi connectivity index (χ4n) is 3.68. The Kier molecular flexibility index (Phi) is 15.8. The van der Waals surface area contributed by atoms with Gasteiger partial charge >= 0.3 is 12.1 Å². The second-order valence-electron chi connectivity index (χ2n) is 10.6. The monoisotopic (exact) mass is 580 g/mol. The number of carboxylic acid groups (broad SMARTS) is 1. The molecule has 0 saturated carbocycles. The Morgan fingerprint density at radius 2 is 1.43 bits per heavy atom. The van der Waals surface area contributed by atoms with Crippen LogP contribution in [0, 0.1) is 11.8 Å². The summed E-state index contributed by atoms with van der Waals surface area (Å²) in [7, 11) is 0. The van der Waals surface area contributed by atoms with E-state index in [9.17, 15) is 24.0 Å². The van der Waals surface area contributed by atoms with E-state index in [0.29, 0.717) is 6.54 Å². The van der Waals surface area contributed by atoms with Crippen LogP contribution in [-0.4, -0.2) is 71.9 Å². The van der Waals surface area contributed by atoms with Crippen molar-refractivity contribution < 1.29 is 33.8 Å². The van der Waals surface area contributed by atoms with E-state index in [1.54, 1.807) is 0 Å². The molecule has 0 bridgehead atoms. The number of alkyl carbamates (subject to hydrolysis) is 1. The van der Waals surface area contributed by atoms with Crippen LogP contribution in [0.2, 0.25) is 0 Å². The van der Waals surface area contributed by atoms with Crippen molar-refractivity contribution in [3.05, 3.63) is 35.9 Å². The van der Waals surface area contributed by atoms with Crippen molar-refractivity contribution in [2.75, 3.05) is 18.9 Å². The molecule has 1 unspecified atom stereocenters. The summed E-state index contributed by atoms with van der Waals surface area (Å²) < 4.78 is 5.06. The Labute approximate surface area is 242 Å². The van der Waals surface area contributed by atoms with E-state index < -0.39 is 47.9 Å². The summed E-state index contributed by atoms with van der Waals surface area (Å²) in [5, 5.41) is 19.6. The smallest absolute Gasteiger partial charge is 0.407 e. The summed E-state index contributed by atoms with van der Waals surface area (Å²) in [4.78, 5) is 62.4. The number of carboxylic acids is 1. The largest absolute Gasteiger partial charge is 0.481 e. The molecule has 0 aliphatic carbocycles. The predicted molar refractivity (Wildman–Crippen MR) is 155 cm³/mol. The lowest BCUT2D eigenvalue weighted by Gasteiger charge is -2.26. The van der Waals surface area contributed by atoms with Crippen molar-refractivity contribution in [3.63, 3.8) is 0 Å². The molecule has 4 amide bonds. The van der Waals surface area contributed by atoms with Crippen molar-refractivity contribution in [1.82, 2.24) is 21.3 Å². The van der Waals surface area contributed by atoms with E-state index >= 15 is 0 Å². The first-order chi connectivity index (χ1) is 18.8. The summed E-state index contributed by atoms with van der Waals surface area (Å²) >= 11 is 4.22. The van der Waals surface area contributed by atoms with Gasteiger partial charge in [0.15, 0.2) is 0 Å². The Bertz CT molecular complexity index is 975. The van der Waals surface area contributed by atoms with E-state index in [2.05, 4.69) is 33.9 Å². The fourth-order valence-corrected chi connectivity index (χ4v) is 3.94. The third-order valence-electron chi connectivity index (χ3n) is 5.91. The zero-order valence-electron chi connectivity index (χ0n) is 23.9. The first-order valence-corrected chi connectivity index (χ1v) is 14.2. The highest BCUT2D eigenvalue weighted by Gasteiger charge is 2.30. The quantitative estimate of drug-likeness (QED) is 0.154. The summed E-state index contributed by atoms with van der Waals surface area (Å²) in [5.41, 5.74) is 1.06. The molecule has 12 heteroatoms. The van der Waals surface area contributed by atoms with Crippen molar-refractivity contribution in [2.24, 2.45) is 11.8 Å². The average molecular weight is 581 g/mol. The second-order valence-corrected chi connectivity index (χ2v) is 11.0. The molecule has 0 radical (unpaired) electrons. The molecule has 1 aromatic carbocycles. The topological polar surface area (TPSA) is 163 Å². The number of rotatable bonds is 17. The van der Waals surface area contributed by atoms with Gasteiger partial charge in [0.05, 0.1) is 6.61 Å². The Balaban J connectivity index is 2.88. The molecular weight excluding hydrogens is 536 g/mol. The number of aliphatic carboxylic acids is 1.